The van der Waals surface area contributed by atoms with Crippen molar-refractivity contribution in [3.05, 3.63) is 29.8 Å². The fourth-order valence-corrected chi connectivity index (χ4v) is 1.73. The minimum atomic E-state index is -3.52. The highest BCUT2D eigenvalue weighted by Crippen LogP contribution is 2.19. The highest BCUT2D eigenvalue weighted by Gasteiger charge is 2.38. The van der Waals surface area contributed by atoms with Gasteiger partial charge in [0, 0.05) is 23.9 Å². The van der Waals surface area contributed by atoms with E-state index in [1.54, 1.807) is 24.3 Å². The first-order chi connectivity index (χ1) is 9.68. The molecule has 114 valence electrons. The number of carbonyl (C=O) groups is 1. The van der Waals surface area contributed by atoms with Crippen molar-refractivity contribution in [2.75, 3.05) is 18.2 Å². The van der Waals surface area contributed by atoms with Crippen molar-refractivity contribution >= 4 is 21.4 Å². The minimum Gasteiger partial charge on any atom is -0.395 e. The molecule has 5 nitrogen and oxygen atoms in total. The number of aliphatic hydroxyl groups excluding tert-OH is 1. The van der Waals surface area contributed by atoms with Gasteiger partial charge in [0.15, 0.2) is 9.84 Å². The smallest absolute Gasteiger partial charge is 0.245 e. The zero-order chi connectivity index (χ0) is 16.1. The van der Waals surface area contributed by atoms with Gasteiger partial charge in [0.2, 0.25) is 5.91 Å². The molecule has 0 heterocycles. The molecule has 0 saturated heterocycles. The Balaban J connectivity index is 2.93. The third kappa shape index (κ3) is 4.59. The highest BCUT2D eigenvalue weighted by atomic mass is 32.2. The van der Waals surface area contributed by atoms with Gasteiger partial charge in [0.25, 0.3) is 0 Å². The van der Waals surface area contributed by atoms with E-state index in [1.165, 1.54) is 13.8 Å². The summed E-state index contributed by atoms with van der Waals surface area (Å²) in [5, 5.41) is 11.3. The second-order valence-corrected chi connectivity index (χ2v) is 7.66. The van der Waals surface area contributed by atoms with Gasteiger partial charge in [0.05, 0.1) is 6.61 Å². The molecule has 1 aromatic rings. The maximum absolute atomic E-state index is 12.1. The molecule has 0 bridgehead atoms. The maximum Gasteiger partial charge on any atom is 0.245 e. The van der Waals surface area contributed by atoms with Gasteiger partial charge in [-0.3, -0.25) is 4.79 Å². The molecule has 1 amide bonds. The summed E-state index contributed by atoms with van der Waals surface area (Å²) in [5.74, 6) is 5.03. The van der Waals surface area contributed by atoms with Crippen LogP contribution in [0, 0.1) is 11.8 Å². The normalized spacial score (nSPS) is 11.4. The van der Waals surface area contributed by atoms with Crippen LogP contribution in [0.4, 0.5) is 5.69 Å². The number of hydrogen-bond donors (Lipinski definition) is 2. The molecule has 0 aliphatic carbocycles. The van der Waals surface area contributed by atoms with Gasteiger partial charge >= 0.3 is 0 Å². The van der Waals surface area contributed by atoms with E-state index in [-0.39, 0.29) is 6.61 Å². The lowest BCUT2D eigenvalue weighted by Gasteiger charge is -2.21. The van der Waals surface area contributed by atoms with E-state index in [0.29, 0.717) is 17.7 Å². The number of hydrogen-bond acceptors (Lipinski definition) is 4. The fraction of sp³-hybridized carbons (Fsp3) is 0.400. The molecule has 2 N–H and O–H groups in total. The Morgan fingerprint density at radius 2 is 2.05 bits per heavy atom. The molecule has 1 aromatic carbocycles. The molecule has 0 saturated carbocycles. The Morgan fingerprint density at radius 3 is 2.62 bits per heavy atom. The molecular formula is C15H19NO4S. The van der Waals surface area contributed by atoms with Crippen molar-refractivity contribution in [3.63, 3.8) is 0 Å². The van der Waals surface area contributed by atoms with Crippen LogP contribution in [0.5, 0.6) is 0 Å². The number of rotatable bonds is 4. The number of nitrogens with one attached hydrogen (secondary N) is 1. The van der Waals surface area contributed by atoms with Crippen LogP contribution in [0.1, 0.15) is 25.8 Å². The Bertz CT molecular complexity index is 681. The highest BCUT2D eigenvalue weighted by molar-refractivity contribution is 7.92. The topological polar surface area (TPSA) is 83.5 Å². The summed E-state index contributed by atoms with van der Waals surface area (Å²) in [4.78, 5) is 12.1. The van der Waals surface area contributed by atoms with E-state index in [0.717, 1.165) is 6.26 Å². The molecule has 0 atom stereocenters. The van der Waals surface area contributed by atoms with E-state index < -0.39 is 20.5 Å². The summed E-state index contributed by atoms with van der Waals surface area (Å²) >= 11 is 0. The number of amides is 1. The van der Waals surface area contributed by atoms with Crippen molar-refractivity contribution in [2.24, 2.45) is 0 Å². The average Bonchev–Trinajstić information content (AvgIpc) is 2.38. The summed E-state index contributed by atoms with van der Waals surface area (Å²) < 4.78 is 21.7. The lowest BCUT2D eigenvalue weighted by atomic mass is 10.1. The quantitative estimate of drug-likeness (QED) is 0.818. The largest absolute Gasteiger partial charge is 0.395 e. The van der Waals surface area contributed by atoms with Crippen LogP contribution >= 0.6 is 0 Å². The molecule has 0 aromatic heterocycles. The van der Waals surface area contributed by atoms with E-state index in [4.69, 9.17) is 5.11 Å². The fourth-order valence-electron chi connectivity index (χ4n) is 1.35. The van der Waals surface area contributed by atoms with E-state index in [1.807, 2.05) is 0 Å². The second kappa shape index (κ2) is 6.74. The monoisotopic (exact) mass is 309 g/mol. The van der Waals surface area contributed by atoms with Gasteiger partial charge in [-0.15, -0.1) is 0 Å². The maximum atomic E-state index is 12.1. The Morgan fingerprint density at radius 1 is 1.38 bits per heavy atom. The van der Waals surface area contributed by atoms with Crippen molar-refractivity contribution in [2.45, 2.75) is 25.0 Å². The number of benzene rings is 1. The molecule has 0 unspecified atom stereocenters. The van der Waals surface area contributed by atoms with E-state index >= 15 is 0 Å². The summed E-state index contributed by atoms with van der Waals surface area (Å²) in [6, 6.07) is 6.79. The summed E-state index contributed by atoms with van der Waals surface area (Å²) in [6.45, 7) is 2.72. The van der Waals surface area contributed by atoms with Crippen molar-refractivity contribution < 1.29 is 18.3 Å². The molecule has 0 fully saturated rings. The summed E-state index contributed by atoms with van der Waals surface area (Å²) in [6.07, 6.45) is 1.40. The van der Waals surface area contributed by atoms with Crippen LogP contribution in [0.15, 0.2) is 24.3 Å². The second-order valence-electron chi connectivity index (χ2n) is 5.09. The molecule has 0 aliphatic heterocycles. The molecule has 1 rings (SSSR count). The first-order valence-electron chi connectivity index (χ1n) is 6.39. The van der Waals surface area contributed by atoms with Crippen LogP contribution < -0.4 is 5.32 Å². The van der Waals surface area contributed by atoms with Gasteiger partial charge in [0.1, 0.15) is 4.75 Å². The van der Waals surface area contributed by atoms with Gasteiger partial charge in [-0.25, -0.2) is 8.42 Å². The van der Waals surface area contributed by atoms with Crippen LogP contribution in [0.2, 0.25) is 0 Å². The molecule has 21 heavy (non-hydrogen) atoms. The van der Waals surface area contributed by atoms with Crippen LogP contribution in [-0.4, -0.2) is 37.0 Å². The summed E-state index contributed by atoms with van der Waals surface area (Å²) in [5.41, 5.74) is 1.16. The average molecular weight is 309 g/mol. The van der Waals surface area contributed by atoms with Crippen LogP contribution in [0.25, 0.3) is 0 Å². The third-order valence-corrected chi connectivity index (χ3v) is 5.10. The zero-order valence-corrected chi connectivity index (χ0v) is 13.1. The van der Waals surface area contributed by atoms with Gasteiger partial charge < -0.3 is 10.4 Å². The number of sulfone groups is 1. The van der Waals surface area contributed by atoms with Crippen molar-refractivity contribution in [1.82, 2.24) is 0 Å². The molecule has 0 radical (unpaired) electrons. The first kappa shape index (κ1) is 17.2. The van der Waals surface area contributed by atoms with E-state index in [9.17, 15) is 13.2 Å². The first-order valence-corrected chi connectivity index (χ1v) is 8.28. The lowest BCUT2D eigenvalue weighted by molar-refractivity contribution is -0.117. The molecule has 0 aliphatic rings. The number of aliphatic hydroxyl groups is 1. The van der Waals surface area contributed by atoms with Gasteiger partial charge in [-0.1, -0.05) is 17.9 Å². The minimum absolute atomic E-state index is 0.00796. The van der Waals surface area contributed by atoms with Gasteiger partial charge in [-0.2, -0.15) is 0 Å². The third-order valence-electron chi connectivity index (χ3n) is 3.06. The Labute approximate surface area is 125 Å². The zero-order valence-electron chi connectivity index (χ0n) is 12.3. The molecule has 0 spiro atoms. The predicted octanol–water partition coefficient (Wildman–Crippen LogP) is 1.18. The molecule has 6 heteroatoms. The van der Waals surface area contributed by atoms with Crippen LogP contribution in [-0.2, 0) is 14.6 Å². The standard InChI is InChI=1S/C15H19NO4S/c1-15(2,21(3,19)20)14(18)16-13-9-6-8-12(11-13)7-4-5-10-17/h6,8-9,11,17H,5,10H2,1-3H3,(H,16,18). The predicted molar refractivity (Wildman–Crippen MR) is 82.6 cm³/mol. The molecular weight excluding hydrogens is 290 g/mol. The van der Waals surface area contributed by atoms with E-state index in [2.05, 4.69) is 17.2 Å². The Kier molecular flexibility index (Phi) is 5.53. The number of anilines is 1. The van der Waals surface area contributed by atoms with Crippen LogP contribution in [0.3, 0.4) is 0 Å². The Hall–Kier alpha value is -1.84. The lowest BCUT2D eigenvalue weighted by Crippen LogP contribution is -2.43. The SMILES string of the molecule is CC(C)(C(=O)Nc1cccc(C#CCCO)c1)S(C)(=O)=O. The van der Waals surface area contributed by atoms with Crippen molar-refractivity contribution in [3.8, 4) is 11.8 Å². The van der Waals surface area contributed by atoms with Gasteiger partial charge in [-0.05, 0) is 32.0 Å². The number of carbonyl (C=O) groups excluding carboxylic acids is 1. The summed E-state index contributed by atoms with van der Waals surface area (Å²) in [7, 11) is -3.52. The van der Waals surface area contributed by atoms with Crippen molar-refractivity contribution in [1.29, 1.82) is 0 Å².